The van der Waals surface area contributed by atoms with Crippen molar-refractivity contribution in [1.29, 1.82) is 0 Å². The summed E-state index contributed by atoms with van der Waals surface area (Å²) >= 11 is 0. The number of aliphatic hydroxyl groups excluding tert-OH is 1. The summed E-state index contributed by atoms with van der Waals surface area (Å²) in [5, 5.41) is 10.6. The van der Waals surface area contributed by atoms with Crippen LogP contribution in [0.25, 0.3) is 0 Å². The average Bonchev–Trinajstić information content (AvgIpc) is 3.03. The molecule has 1 fully saturated rings. The molecule has 0 bridgehead atoms. The first-order chi connectivity index (χ1) is 11.6. The molecular weight excluding hydrogens is 310 g/mol. The van der Waals surface area contributed by atoms with Gasteiger partial charge in [-0.25, -0.2) is 0 Å². The molecule has 0 aliphatic heterocycles. The molecule has 0 heterocycles. The molecule has 0 radical (unpaired) electrons. The van der Waals surface area contributed by atoms with E-state index in [2.05, 4.69) is 58.6 Å². The van der Waals surface area contributed by atoms with Gasteiger partial charge in [-0.2, -0.15) is 0 Å². The highest BCUT2D eigenvalue weighted by molar-refractivity contribution is 5.36. The largest absolute Gasteiger partial charge is 0.491 e. The summed E-state index contributed by atoms with van der Waals surface area (Å²) in [7, 11) is 0. The summed E-state index contributed by atoms with van der Waals surface area (Å²) in [6.45, 7) is 14.1. The van der Waals surface area contributed by atoms with Crippen LogP contribution in [0.2, 0.25) is 0 Å². The van der Waals surface area contributed by atoms with Gasteiger partial charge in [0.15, 0.2) is 0 Å². The lowest BCUT2D eigenvalue weighted by atomic mass is 9.95. The van der Waals surface area contributed by atoms with E-state index < -0.39 is 6.10 Å². The monoisotopic (exact) mass is 347 g/mol. The number of rotatable bonds is 6. The highest BCUT2D eigenvalue weighted by Crippen LogP contribution is 2.38. The zero-order valence-electron chi connectivity index (χ0n) is 17.0. The number of para-hydroxylation sites is 1. The van der Waals surface area contributed by atoms with Crippen LogP contribution in [0, 0.1) is 0 Å². The van der Waals surface area contributed by atoms with E-state index in [9.17, 15) is 5.11 Å². The smallest absolute Gasteiger partial charge is 0.122 e. The summed E-state index contributed by atoms with van der Waals surface area (Å²) in [4.78, 5) is 2.34. The highest BCUT2D eigenvalue weighted by Gasteiger charge is 2.33. The van der Waals surface area contributed by atoms with Gasteiger partial charge in [0.25, 0.3) is 0 Å². The molecule has 0 saturated heterocycles. The molecule has 1 aromatic rings. The first-order valence-corrected chi connectivity index (χ1v) is 9.76. The minimum absolute atomic E-state index is 0.000977. The van der Waals surface area contributed by atoms with Gasteiger partial charge in [0.05, 0.1) is 0 Å². The van der Waals surface area contributed by atoms with Crippen molar-refractivity contribution in [2.45, 2.75) is 90.3 Å². The van der Waals surface area contributed by atoms with Crippen LogP contribution in [0.3, 0.4) is 0 Å². The molecule has 142 valence electrons. The van der Waals surface area contributed by atoms with Crippen LogP contribution < -0.4 is 4.74 Å². The fraction of sp³-hybridized carbons (Fsp3) is 0.727. The van der Waals surface area contributed by atoms with Crippen LogP contribution in [0.15, 0.2) is 24.3 Å². The molecule has 25 heavy (non-hydrogen) atoms. The van der Waals surface area contributed by atoms with Crippen LogP contribution in [0.1, 0.15) is 78.7 Å². The minimum atomic E-state index is -0.505. The fourth-order valence-corrected chi connectivity index (χ4v) is 4.19. The Morgan fingerprint density at radius 2 is 1.60 bits per heavy atom. The quantitative estimate of drug-likeness (QED) is 0.787. The lowest BCUT2D eigenvalue weighted by molar-refractivity contribution is -0.0177. The Bertz CT molecular complexity index is 522. The van der Waals surface area contributed by atoms with Crippen LogP contribution in [0.4, 0.5) is 0 Å². The maximum Gasteiger partial charge on any atom is 0.122 e. The van der Waals surface area contributed by atoms with Crippen molar-refractivity contribution in [3.8, 4) is 5.75 Å². The summed E-state index contributed by atoms with van der Waals surface area (Å²) < 4.78 is 6.06. The van der Waals surface area contributed by atoms with Crippen LogP contribution in [0.5, 0.6) is 5.75 Å². The Labute approximate surface area is 154 Å². The highest BCUT2D eigenvalue weighted by atomic mass is 16.5. The molecule has 2 rings (SSSR count). The van der Waals surface area contributed by atoms with E-state index in [1.807, 2.05) is 12.1 Å². The topological polar surface area (TPSA) is 32.7 Å². The number of aliphatic hydroxyl groups is 1. The van der Waals surface area contributed by atoms with E-state index in [0.29, 0.717) is 19.1 Å². The van der Waals surface area contributed by atoms with Gasteiger partial charge in [0, 0.05) is 17.6 Å². The van der Waals surface area contributed by atoms with Crippen LogP contribution in [-0.4, -0.2) is 40.3 Å². The molecule has 3 nitrogen and oxygen atoms in total. The Morgan fingerprint density at radius 1 is 1.04 bits per heavy atom. The second kappa shape index (κ2) is 8.09. The third kappa shape index (κ3) is 5.72. The lowest BCUT2D eigenvalue weighted by Crippen LogP contribution is -2.55. The minimum Gasteiger partial charge on any atom is -0.491 e. The Morgan fingerprint density at radius 3 is 2.16 bits per heavy atom. The van der Waals surface area contributed by atoms with E-state index in [4.69, 9.17) is 4.74 Å². The summed E-state index contributed by atoms with van der Waals surface area (Å²) in [5.41, 5.74) is 1.32. The van der Waals surface area contributed by atoms with Gasteiger partial charge in [-0.3, -0.25) is 4.90 Å². The maximum atomic E-state index is 10.6. The van der Waals surface area contributed by atoms with E-state index >= 15 is 0 Å². The molecule has 1 aliphatic rings. The predicted octanol–water partition coefficient (Wildman–Crippen LogP) is 4.98. The third-order valence-electron chi connectivity index (χ3n) is 5.16. The van der Waals surface area contributed by atoms with Crippen LogP contribution in [-0.2, 0) is 0 Å². The number of hydrogen-bond acceptors (Lipinski definition) is 3. The first-order valence-electron chi connectivity index (χ1n) is 9.76. The average molecular weight is 348 g/mol. The summed E-state index contributed by atoms with van der Waals surface area (Å²) in [5.74, 6) is 1.57. The summed E-state index contributed by atoms with van der Waals surface area (Å²) in [6, 6.07) is 8.36. The molecule has 1 aromatic carbocycles. The lowest BCUT2D eigenvalue weighted by Gasteiger charge is -2.46. The summed E-state index contributed by atoms with van der Waals surface area (Å²) in [6.07, 6.45) is 4.63. The van der Waals surface area contributed by atoms with Crippen molar-refractivity contribution in [2.75, 3.05) is 13.2 Å². The van der Waals surface area contributed by atoms with E-state index in [1.165, 1.54) is 31.2 Å². The van der Waals surface area contributed by atoms with E-state index in [1.54, 1.807) is 0 Å². The van der Waals surface area contributed by atoms with Gasteiger partial charge in [0.2, 0.25) is 0 Å². The second-order valence-electron chi connectivity index (χ2n) is 9.44. The van der Waals surface area contributed by atoms with E-state index in [0.717, 1.165) is 5.75 Å². The third-order valence-corrected chi connectivity index (χ3v) is 5.16. The van der Waals surface area contributed by atoms with Gasteiger partial charge in [-0.1, -0.05) is 31.0 Å². The number of benzene rings is 1. The number of β-amino-alcohol motifs (C(OH)–C–C–N with tert-alkyl or cyclic N) is 1. The van der Waals surface area contributed by atoms with Crippen molar-refractivity contribution < 1.29 is 9.84 Å². The predicted molar refractivity (Wildman–Crippen MR) is 105 cm³/mol. The molecule has 1 unspecified atom stereocenters. The Hall–Kier alpha value is -1.06. The second-order valence-corrected chi connectivity index (χ2v) is 9.44. The maximum absolute atomic E-state index is 10.6. The zero-order chi connectivity index (χ0) is 18.7. The zero-order valence-corrected chi connectivity index (χ0v) is 17.0. The SMILES string of the molecule is CC(C)(C)N(CC(O)COc1ccccc1C1CCCC1)C(C)(C)C. The number of ether oxygens (including phenoxy) is 1. The van der Waals surface area contributed by atoms with Gasteiger partial charge >= 0.3 is 0 Å². The molecule has 1 atom stereocenters. The molecule has 1 N–H and O–H groups in total. The van der Waals surface area contributed by atoms with Crippen molar-refractivity contribution in [3.05, 3.63) is 29.8 Å². The standard InChI is InChI=1S/C22H37NO2/c1-21(2,3)23(22(4,5)6)15-18(24)16-25-20-14-10-9-13-19(20)17-11-7-8-12-17/h9-10,13-14,17-18,24H,7-8,11-12,15-16H2,1-6H3. The van der Waals surface area contributed by atoms with Gasteiger partial charge < -0.3 is 9.84 Å². The molecule has 1 saturated carbocycles. The van der Waals surface area contributed by atoms with E-state index in [-0.39, 0.29) is 11.1 Å². The normalized spacial score (nSPS) is 17.9. The molecule has 0 spiro atoms. The van der Waals surface area contributed by atoms with Gasteiger partial charge in [-0.15, -0.1) is 0 Å². The first kappa shape index (κ1) is 20.3. The van der Waals surface area contributed by atoms with Crippen molar-refractivity contribution in [2.24, 2.45) is 0 Å². The Kier molecular flexibility index (Phi) is 6.56. The number of hydrogen-bond donors (Lipinski definition) is 1. The molecular formula is C22H37NO2. The van der Waals surface area contributed by atoms with Crippen LogP contribution >= 0.6 is 0 Å². The van der Waals surface area contributed by atoms with Gasteiger partial charge in [-0.05, 0) is 71.9 Å². The molecule has 0 amide bonds. The number of nitrogens with zero attached hydrogens (tertiary/aromatic N) is 1. The van der Waals surface area contributed by atoms with Crippen molar-refractivity contribution in [1.82, 2.24) is 4.90 Å². The Balaban J connectivity index is 1.99. The molecule has 0 aromatic heterocycles. The fourth-order valence-electron chi connectivity index (χ4n) is 4.19. The molecule has 3 heteroatoms. The molecule has 1 aliphatic carbocycles. The van der Waals surface area contributed by atoms with Gasteiger partial charge in [0.1, 0.15) is 18.5 Å². The van der Waals surface area contributed by atoms with Crippen molar-refractivity contribution >= 4 is 0 Å². The van der Waals surface area contributed by atoms with Crippen molar-refractivity contribution in [3.63, 3.8) is 0 Å².